The summed E-state index contributed by atoms with van der Waals surface area (Å²) in [6.45, 7) is 7.73. The fraction of sp³-hybridized carbons (Fsp3) is 0.622. The number of hydrogen-bond donors (Lipinski definition) is 2. The number of ether oxygens (including phenoxy) is 1. The zero-order valence-electron chi connectivity index (χ0n) is 28.8. The zero-order chi connectivity index (χ0) is 34.7. The third-order valence-corrected chi connectivity index (χ3v) is 10.2. The number of Topliss-reactive ketones (excluding diaryl/α,β-unsaturated/α-hetero) is 1. The molecule has 0 spiro atoms. The highest BCUT2D eigenvalue weighted by atomic mass is 35.5. The van der Waals surface area contributed by atoms with Crippen molar-refractivity contribution >= 4 is 56.3 Å². The van der Waals surface area contributed by atoms with Gasteiger partial charge in [-0.15, -0.1) is 11.6 Å². The van der Waals surface area contributed by atoms with E-state index in [0.717, 1.165) is 12.8 Å². The van der Waals surface area contributed by atoms with Crippen LogP contribution >= 0.6 is 23.2 Å². The number of carbonyl (C=O) groups is 2. The van der Waals surface area contributed by atoms with Crippen LogP contribution in [0.3, 0.4) is 0 Å². The van der Waals surface area contributed by atoms with Crippen LogP contribution < -0.4 is 14.8 Å². The third-order valence-electron chi connectivity index (χ3n) is 8.09. The van der Waals surface area contributed by atoms with Crippen molar-refractivity contribution < 1.29 is 22.7 Å². The quantitative estimate of drug-likeness (QED) is 0.0641. The summed E-state index contributed by atoms with van der Waals surface area (Å²) in [4.78, 5) is 24.9. The number of ketones is 1. The van der Waals surface area contributed by atoms with Gasteiger partial charge in [-0.2, -0.15) is 0 Å². The molecule has 2 aromatic carbocycles. The van der Waals surface area contributed by atoms with Gasteiger partial charge in [-0.3, -0.25) is 14.3 Å². The number of anilines is 2. The smallest absolute Gasteiger partial charge is 0.262 e. The van der Waals surface area contributed by atoms with E-state index in [1.54, 1.807) is 45.0 Å². The van der Waals surface area contributed by atoms with Crippen molar-refractivity contribution in [3.8, 4) is 5.75 Å². The van der Waals surface area contributed by atoms with Gasteiger partial charge in [-0.05, 0) is 36.8 Å². The van der Waals surface area contributed by atoms with Crippen LogP contribution in [-0.2, 0) is 19.6 Å². The first-order valence-electron chi connectivity index (χ1n) is 17.4. The van der Waals surface area contributed by atoms with E-state index in [9.17, 15) is 18.0 Å². The molecule has 0 aliphatic heterocycles. The molecule has 47 heavy (non-hydrogen) atoms. The van der Waals surface area contributed by atoms with Gasteiger partial charge in [0, 0.05) is 5.41 Å². The summed E-state index contributed by atoms with van der Waals surface area (Å²) in [6.07, 6.45) is 20.7. The molecule has 1 atom stereocenters. The van der Waals surface area contributed by atoms with Gasteiger partial charge >= 0.3 is 0 Å². The number of amides is 1. The highest BCUT2D eigenvalue weighted by Gasteiger charge is 2.33. The molecule has 0 saturated heterocycles. The Labute approximate surface area is 294 Å². The summed E-state index contributed by atoms with van der Waals surface area (Å²) in [5.74, 6) is -0.816. The number of unbranched alkanes of at least 4 members (excludes halogenated alkanes) is 15. The molecule has 1 amide bonds. The molecule has 264 valence electrons. The number of halogens is 2. The van der Waals surface area contributed by atoms with Gasteiger partial charge in [0.05, 0.1) is 27.9 Å². The van der Waals surface area contributed by atoms with Crippen LogP contribution in [0.15, 0.2) is 47.4 Å². The van der Waals surface area contributed by atoms with Crippen molar-refractivity contribution in [2.75, 3.05) is 16.6 Å². The average Bonchev–Trinajstić information content (AvgIpc) is 3.02. The van der Waals surface area contributed by atoms with E-state index in [1.807, 2.05) is 0 Å². The molecule has 0 heterocycles. The van der Waals surface area contributed by atoms with E-state index in [4.69, 9.17) is 27.9 Å². The van der Waals surface area contributed by atoms with E-state index in [2.05, 4.69) is 17.0 Å². The highest BCUT2D eigenvalue weighted by Crippen LogP contribution is 2.31. The summed E-state index contributed by atoms with van der Waals surface area (Å²) in [5, 5.41) is 1.13. The predicted molar refractivity (Wildman–Crippen MR) is 196 cm³/mol. The molecule has 2 aromatic rings. The number of alkyl halides is 1. The van der Waals surface area contributed by atoms with Crippen LogP contribution in [0.4, 0.5) is 11.4 Å². The number of hydrogen-bond acceptors (Lipinski definition) is 5. The normalized spacial score (nSPS) is 12.5. The number of carbonyl (C=O) groups excluding carboxylic acids is 2. The maximum absolute atomic E-state index is 13.3. The Morgan fingerprint density at radius 1 is 0.766 bits per heavy atom. The van der Waals surface area contributed by atoms with Gasteiger partial charge in [0.25, 0.3) is 10.0 Å². The van der Waals surface area contributed by atoms with E-state index in [-0.39, 0.29) is 15.6 Å². The van der Waals surface area contributed by atoms with E-state index in [1.165, 1.54) is 108 Å². The van der Waals surface area contributed by atoms with Gasteiger partial charge in [0.1, 0.15) is 5.75 Å². The Hall–Kier alpha value is -2.29. The van der Waals surface area contributed by atoms with Crippen LogP contribution in [0.25, 0.3) is 0 Å². The predicted octanol–water partition coefficient (Wildman–Crippen LogP) is 10.9. The Balaban J connectivity index is 1.76. The van der Waals surface area contributed by atoms with Crippen LogP contribution in [0, 0.1) is 5.41 Å². The Kier molecular flexibility index (Phi) is 18.8. The molecule has 0 aromatic heterocycles. The Morgan fingerprint density at radius 2 is 1.28 bits per heavy atom. The van der Waals surface area contributed by atoms with Crippen LogP contribution in [0.1, 0.15) is 130 Å². The van der Waals surface area contributed by atoms with Gasteiger partial charge in [-0.1, -0.05) is 148 Å². The molecule has 0 saturated carbocycles. The summed E-state index contributed by atoms with van der Waals surface area (Å²) in [5.41, 5.74) is -0.495. The fourth-order valence-corrected chi connectivity index (χ4v) is 6.82. The first kappa shape index (κ1) is 40.9. The number of nitrogens with one attached hydrogen (secondary N) is 2. The molecule has 0 radical (unpaired) electrons. The summed E-state index contributed by atoms with van der Waals surface area (Å²) < 4.78 is 35.2. The molecule has 10 heteroatoms. The molecule has 0 fully saturated rings. The van der Waals surface area contributed by atoms with Crippen molar-refractivity contribution in [1.82, 2.24) is 0 Å². The second-order valence-electron chi connectivity index (χ2n) is 13.4. The third kappa shape index (κ3) is 15.6. The molecular weight excluding hydrogens is 655 g/mol. The fourth-order valence-electron chi connectivity index (χ4n) is 5.18. The first-order chi connectivity index (χ1) is 22.4. The lowest BCUT2D eigenvalue weighted by molar-refractivity contribution is -0.130. The highest BCUT2D eigenvalue weighted by molar-refractivity contribution is 7.92. The van der Waals surface area contributed by atoms with E-state index in [0.29, 0.717) is 18.0 Å². The van der Waals surface area contributed by atoms with E-state index < -0.39 is 32.5 Å². The van der Waals surface area contributed by atoms with Crippen molar-refractivity contribution in [3.63, 3.8) is 0 Å². The Morgan fingerprint density at radius 3 is 1.81 bits per heavy atom. The van der Waals surface area contributed by atoms with Gasteiger partial charge in [0.15, 0.2) is 11.2 Å². The average molecular weight is 712 g/mol. The first-order valence-corrected chi connectivity index (χ1v) is 19.7. The SMILES string of the molecule is CCCCCCCCCCCCCCCCCCOc1ccccc1NS(=O)(=O)c1ccc(Cl)c(NC(=O)C(Cl)C(=O)C(C)(C)C)c1. The van der Waals surface area contributed by atoms with Crippen molar-refractivity contribution in [3.05, 3.63) is 47.5 Å². The Bertz CT molecular complexity index is 1340. The second kappa shape index (κ2) is 21.6. The number of sulfonamides is 1. The van der Waals surface area contributed by atoms with E-state index >= 15 is 0 Å². The molecule has 1 unspecified atom stereocenters. The summed E-state index contributed by atoms with van der Waals surface area (Å²) in [6, 6.07) is 10.8. The van der Waals surface area contributed by atoms with Crippen LogP contribution in [0.2, 0.25) is 5.02 Å². The standard InChI is InChI=1S/C37H56Cl2N2O5S/c1-5-6-7-8-9-10-11-12-13-14-15-16-17-18-19-22-27-46-33-24-21-20-23-31(33)41-47(44,45)29-25-26-30(38)32(28-29)40-36(43)34(39)35(42)37(2,3)4/h20-21,23-26,28,34,41H,5-19,22,27H2,1-4H3,(H,40,43). The molecule has 0 aliphatic carbocycles. The summed E-state index contributed by atoms with van der Waals surface area (Å²) >= 11 is 12.3. The summed E-state index contributed by atoms with van der Waals surface area (Å²) in [7, 11) is -4.07. The molecule has 2 rings (SSSR count). The minimum absolute atomic E-state index is 0.0277. The number of para-hydroxylation sites is 2. The largest absolute Gasteiger partial charge is 0.491 e. The number of benzene rings is 2. The lowest BCUT2D eigenvalue weighted by Gasteiger charge is -2.20. The minimum atomic E-state index is -4.07. The lowest BCUT2D eigenvalue weighted by Crippen LogP contribution is -2.37. The molecule has 0 aliphatic rings. The lowest BCUT2D eigenvalue weighted by atomic mass is 9.88. The maximum atomic E-state index is 13.3. The molecule has 2 N–H and O–H groups in total. The topological polar surface area (TPSA) is 102 Å². The van der Waals surface area contributed by atoms with Crippen molar-refractivity contribution in [2.24, 2.45) is 5.41 Å². The van der Waals surface area contributed by atoms with Crippen molar-refractivity contribution in [2.45, 2.75) is 141 Å². The molecule has 0 bridgehead atoms. The van der Waals surface area contributed by atoms with Gasteiger partial charge in [-0.25, -0.2) is 8.42 Å². The molecular formula is C37H56Cl2N2O5S. The van der Waals surface area contributed by atoms with Crippen molar-refractivity contribution in [1.29, 1.82) is 0 Å². The number of rotatable bonds is 24. The van der Waals surface area contributed by atoms with Crippen LogP contribution in [0.5, 0.6) is 5.75 Å². The maximum Gasteiger partial charge on any atom is 0.262 e. The monoisotopic (exact) mass is 710 g/mol. The van der Waals surface area contributed by atoms with Crippen LogP contribution in [-0.4, -0.2) is 32.1 Å². The molecule has 7 nitrogen and oxygen atoms in total. The van der Waals surface area contributed by atoms with Gasteiger partial charge < -0.3 is 10.1 Å². The second-order valence-corrected chi connectivity index (χ2v) is 15.9. The van der Waals surface area contributed by atoms with Gasteiger partial charge in [0.2, 0.25) is 5.91 Å². The minimum Gasteiger partial charge on any atom is -0.491 e. The zero-order valence-corrected chi connectivity index (χ0v) is 31.2.